The second-order valence-electron chi connectivity index (χ2n) is 6.85. The largest absolute Gasteiger partial charge is 0.297 e. The Hall–Kier alpha value is -1.12. The normalized spacial score (nSPS) is 34.0. The molecule has 1 aromatic carbocycles. The molecule has 2 saturated heterocycles. The minimum absolute atomic E-state index is 0.594. The second-order valence-corrected chi connectivity index (χ2v) is 6.85. The SMILES string of the molecule is C1=CCC(N2CC3CCCN3CC2c2ccccc2)CC1. The summed E-state index contributed by atoms with van der Waals surface area (Å²) < 4.78 is 0. The van der Waals surface area contributed by atoms with Crippen molar-refractivity contribution in [2.45, 2.75) is 50.2 Å². The lowest BCUT2D eigenvalue weighted by atomic mass is 9.93. The summed E-state index contributed by atoms with van der Waals surface area (Å²) in [5.74, 6) is 0. The van der Waals surface area contributed by atoms with E-state index in [-0.39, 0.29) is 0 Å². The molecule has 3 atom stereocenters. The smallest absolute Gasteiger partial charge is 0.0479 e. The number of benzene rings is 1. The Morgan fingerprint density at radius 3 is 2.62 bits per heavy atom. The van der Waals surface area contributed by atoms with Crippen LogP contribution in [0.15, 0.2) is 42.5 Å². The van der Waals surface area contributed by atoms with Crippen LogP contribution in [0.25, 0.3) is 0 Å². The van der Waals surface area contributed by atoms with Crippen LogP contribution in [-0.2, 0) is 0 Å². The van der Waals surface area contributed by atoms with Crippen LogP contribution in [-0.4, -0.2) is 41.5 Å². The van der Waals surface area contributed by atoms with Gasteiger partial charge in [0.2, 0.25) is 0 Å². The van der Waals surface area contributed by atoms with Gasteiger partial charge in [0.1, 0.15) is 0 Å². The highest BCUT2D eigenvalue weighted by atomic mass is 15.3. The molecule has 2 heteroatoms. The quantitative estimate of drug-likeness (QED) is 0.765. The summed E-state index contributed by atoms with van der Waals surface area (Å²) in [6, 6.07) is 13.4. The summed E-state index contributed by atoms with van der Waals surface area (Å²) in [6.45, 7) is 3.82. The first kappa shape index (κ1) is 13.5. The summed E-state index contributed by atoms with van der Waals surface area (Å²) in [4.78, 5) is 5.58. The van der Waals surface area contributed by atoms with Crippen molar-refractivity contribution in [3.8, 4) is 0 Å². The van der Waals surface area contributed by atoms with E-state index in [4.69, 9.17) is 0 Å². The van der Waals surface area contributed by atoms with E-state index in [9.17, 15) is 0 Å². The molecule has 2 aliphatic heterocycles. The maximum atomic E-state index is 2.84. The molecule has 0 aromatic heterocycles. The fourth-order valence-electron chi connectivity index (χ4n) is 4.49. The minimum atomic E-state index is 0.594. The standard InChI is InChI=1S/C19H26N2/c1-3-8-16(9-4-1)19-15-20-13-7-12-18(20)14-21(19)17-10-5-2-6-11-17/h1-5,8-9,17-19H,6-7,10-15H2. The molecule has 4 rings (SSSR count). The van der Waals surface area contributed by atoms with E-state index in [1.54, 1.807) is 0 Å². The Morgan fingerprint density at radius 1 is 0.905 bits per heavy atom. The van der Waals surface area contributed by atoms with Crippen LogP contribution in [0.2, 0.25) is 0 Å². The highest BCUT2D eigenvalue weighted by Gasteiger charge is 2.39. The molecule has 2 heterocycles. The van der Waals surface area contributed by atoms with Crippen LogP contribution in [0, 0.1) is 0 Å². The molecule has 0 amide bonds. The lowest BCUT2D eigenvalue weighted by molar-refractivity contribution is 0.0161. The number of allylic oxidation sites excluding steroid dienone is 1. The summed E-state index contributed by atoms with van der Waals surface area (Å²) in [5.41, 5.74) is 1.51. The van der Waals surface area contributed by atoms with E-state index in [1.165, 1.54) is 57.3 Å². The van der Waals surface area contributed by atoms with Gasteiger partial charge in [-0.05, 0) is 44.2 Å². The fraction of sp³-hybridized carbons (Fsp3) is 0.579. The first-order valence-electron chi connectivity index (χ1n) is 8.61. The van der Waals surface area contributed by atoms with Crippen molar-refractivity contribution in [2.24, 2.45) is 0 Å². The Kier molecular flexibility index (Phi) is 3.83. The topological polar surface area (TPSA) is 6.48 Å². The maximum Gasteiger partial charge on any atom is 0.0479 e. The number of piperazine rings is 1. The predicted octanol–water partition coefficient (Wildman–Crippen LogP) is 3.62. The lowest BCUT2D eigenvalue weighted by Gasteiger charge is -2.48. The first-order chi connectivity index (χ1) is 10.4. The van der Waals surface area contributed by atoms with Gasteiger partial charge in [-0.3, -0.25) is 9.80 Å². The number of nitrogens with zero attached hydrogens (tertiary/aromatic N) is 2. The van der Waals surface area contributed by atoms with E-state index in [1.807, 2.05) is 0 Å². The highest BCUT2D eigenvalue weighted by molar-refractivity contribution is 5.21. The van der Waals surface area contributed by atoms with E-state index in [2.05, 4.69) is 52.3 Å². The van der Waals surface area contributed by atoms with E-state index in [0.717, 1.165) is 12.1 Å². The van der Waals surface area contributed by atoms with Gasteiger partial charge in [-0.1, -0.05) is 42.5 Å². The van der Waals surface area contributed by atoms with Crippen LogP contribution >= 0.6 is 0 Å². The van der Waals surface area contributed by atoms with Crippen molar-refractivity contribution in [3.63, 3.8) is 0 Å². The fourth-order valence-corrected chi connectivity index (χ4v) is 4.49. The average molecular weight is 282 g/mol. The van der Waals surface area contributed by atoms with Crippen LogP contribution in [0.5, 0.6) is 0 Å². The zero-order chi connectivity index (χ0) is 14.1. The number of fused-ring (bicyclic) bond motifs is 1. The second kappa shape index (κ2) is 5.94. The van der Waals surface area contributed by atoms with Gasteiger partial charge in [0.25, 0.3) is 0 Å². The Bertz CT molecular complexity index is 496. The molecule has 3 unspecified atom stereocenters. The van der Waals surface area contributed by atoms with Crippen molar-refractivity contribution in [3.05, 3.63) is 48.0 Å². The molecule has 0 radical (unpaired) electrons. The van der Waals surface area contributed by atoms with Crippen LogP contribution in [0.4, 0.5) is 0 Å². The molecule has 0 N–H and O–H groups in total. The molecule has 2 fully saturated rings. The van der Waals surface area contributed by atoms with E-state index < -0.39 is 0 Å². The first-order valence-corrected chi connectivity index (χ1v) is 8.61. The van der Waals surface area contributed by atoms with Gasteiger partial charge < -0.3 is 0 Å². The maximum absolute atomic E-state index is 2.84. The third kappa shape index (κ3) is 2.67. The monoisotopic (exact) mass is 282 g/mol. The third-order valence-corrected chi connectivity index (χ3v) is 5.62. The molecule has 2 nitrogen and oxygen atoms in total. The van der Waals surface area contributed by atoms with Gasteiger partial charge in [-0.25, -0.2) is 0 Å². The Morgan fingerprint density at radius 2 is 1.81 bits per heavy atom. The molecule has 0 spiro atoms. The van der Waals surface area contributed by atoms with Gasteiger partial charge >= 0.3 is 0 Å². The highest BCUT2D eigenvalue weighted by Crippen LogP contribution is 2.36. The average Bonchev–Trinajstić information content (AvgIpc) is 3.03. The van der Waals surface area contributed by atoms with Gasteiger partial charge in [0.05, 0.1) is 0 Å². The third-order valence-electron chi connectivity index (χ3n) is 5.62. The number of hydrogen-bond acceptors (Lipinski definition) is 2. The number of hydrogen-bond donors (Lipinski definition) is 0. The molecule has 112 valence electrons. The summed E-state index contributed by atoms with van der Waals surface area (Å²) in [5, 5.41) is 0. The van der Waals surface area contributed by atoms with E-state index in [0.29, 0.717) is 6.04 Å². The zero-order valence-corrected chi connectivity index (χ0v) is 12.8. The van der Waals surface area contributed by atoms with Crippen molar-refractivity contribution < 1.29 is 0 Å². The van der Waals surface area contributed by atoms with Gasteiger partial charge in [0.15, 0.2) is 0 Å². The molecule has 1 aliphatic carbocycles. The van der Waals surface area contributed by atoms with Crippen LogP contribution < -0.4 is 0 Å². The molecular weight excluding hydrogens is 256 g/mol. The van der Waals surface area contributed by atoms with Crippen molar-refractivity contribution >= 4 is 0 Å². The molecule has 0 bridgehead atoms. The van der Waals surface area contributed by atoms with Crippen LogP contribution in [0.3, 0.4) is 0 Å². The molecule has 21 heavy (non-hydrogen) atoms. The van der Waals surface area contributed by atoms with Gasteiger partial charge in [0, 0.05) is 31.2 Å². The van der Waals surface area contributed by atoms with Crippen molar-refractivity contribution in [1.82, 2.24) is 9.80 Å². The summed E-state index contributed by atoms with van der Waals surface area (Å²) in [6.07, 6.45) is 11.4. The predicted molar refractivity (Wildman–Crippen MR) is 87.3 cm³/mol. The molecule has 0 saturated carbocycles. The Balaban J connectivity index is 1.61. The van der Waals surface area contributed by atoms with Crippen LogP contribution in [0.1, 0.15) is 43.7 Å². The minimum Gasteiger partial charge on any atom is -0.297 e. The van der Waals surface area contributed by atoms with Gasteiger partial charge in [-0.2, -0.15) is 0 Å². The summed E-state index contributed by atoms with van der Waals surface area (Å²) in [7, 11) is 0. The van der Waals surface area contributed by atoms with Crippen molar-refractivity contribution in [2.75, 3.05) is 19.6 Å². The van der Waals surface area contributed by atoms with E-state index >= 15 is 0 Å². The summed E-state index contributed by atoms with van der Waals surface area (Å²) >= 11 is 0. The molecular formula is C19H26N2. The lowest BCUT2D eigenvalue weighted by Crippen LogP contribution is -2.55. The van der Waals surface area contributed by atoms with Crippen molar-refractivity contribution in [1.29, 1.82) is 0 Å². The molecule has 3 aliphatic rings. The number of rotatable bonds is 2. The van der Waals surface area contributed by atoms with Gasteiger partial charge in [-0.15, -0.1) is 0 Å². The zero-order valence-electron chi connectivity index (χ0n) is 12.8. The molecule has 1 aromatic rings. The Labute approximate surface area is 128 Å².